The molecule has 19 heavy (non-hydrogen) atoms. The molecule has 94 valence electrons. The number of tetrazole rings is 1. The van der Waals surface area contributed by atoms with E-state index >= 15 is 0 Å². The second-order valence-corrected chi connectivity index (χ2v) is 4.05. The fraction of sp³-hybridized carbons (Fsp3) is 0.0769. The van der Waals surface area contributed by atoms with E-state index in [4.69, 9.17) is 0 Å². The van der Waals surface area contributed by atoms with Crippen LogP contribution in [0.3, 0.4) is 0 Å². The van der Waals surface area contributed by atoms with Crippen LogP contribution in [-0.2, 0) is 0 Å². The third-order valence-corrected chi connectivity index (χ3v) is 2.69. The standard InChI is InChI=1S/C13H10FN5/c1-9-5-6-10(8-11(9)14)19-17-13(16-18-19)12-4-2-3-7-15-12/h2-8H,1H3. The van der Waals surface area contributed by atoms with Gasteiger partial charge in [0, 0.05) is 12.3 Å². The largest absolute Gasteiger partial charge is 0.253 e. The van der Waals surface area contributed by atoms with E-state index in [2.05, 4.69) is 20.4 Å². The first-order valence-electron chi connectivity index (χ1n) is 5.72. The molecule has 0 radical (unpaired) electrons. The quantitative estimate of drug-likeness (QED) is 0.704. The number of rotatable bonds is 2. The Morgan fingerprint density at radius 3 is 2.79 bits per heavy atom. The fourth-order valence-electron chi connectivity index (χ4n) is 1.63. The van der Waals surface area contributed by atoms with Crippen LogP contribution < -0.4 is 0 Å². The predicted octanol–water partition coefficient (Wildman–Crippen LogP) is 2.17. The van der Waals surface area contributed by atoms with Crippen LogP contribution in [-0.4, -0.2) is 25.2 Å². The number of halogens is 1. The Morgan fingerprint density at radius 2 is 2.05 bits per heavy atom. The van der Waals surface area contributed by atoms with Crippen molar-refractivity contribution in [2.24, 2.45) is 0 Å². The van der Waals surface area contributed by atoms with Gasteiger partial charge in [-0.15, -0.1) is 15.0 Å². The van der Waals surface area contributed by atoms with E-state index in [1.54, 1.807) is 31.3 Å². The van der Waals surface area contributed by atoms with Gasteiger partial charge in [0.05, 0.1) is 5.69 Å². The van der Waals surface area contributed by atoms with E-state index in [9.17, 15) is 4.39 Å². The van der Waals surface area contributed by atoms with Crippen LogP contribution in [0.1, 0.15) is 5.56 Å². The third kappa shape index (κ3) is 2.20. The zero-order valence-electron chi connectivity index (χ0n) is 10.2. The number of hydrogen-bond donors (Lipinski definition) is 0. The van der Waals surface area contributed by atoms with E-state index in [0.29, 0.717) is 22.8 Å². The molecule has 0 bridgehead atoms. The molecule has 0 amide bonds. The molecule has 1 aromatic carbocycles. The number of aromatic nitrogens is 5. The van der Waals surface area contributed by atoms with Gasteiger partial charge in [-0.2, -0.15) is 0 Å². The van der Waals surface area contributed by atoms with Crippen molar-refractivity contribution in [3.63, 3.8) is 0 Å². The summed E-state index contributed by atoms with van der Waals surface area (Å²) in [6.45, 7) is 1.70. The molecule has 0 N–H and O–H groups in total. The van der Waals surface area contributed by atoms with Gasteiger partial charge in [-0.3, -0.25) is 4.98 Å². The SMILES string of the molecule is Cc1ccc(-n2nnc(-c3ccccn3)n2)cc1F. The highest BCUT2D eigenvalue weighted by Crippen LogP contribution is 2.14. The van der Waals surface area contributed by atoms with Crippen molar-refractivity contribution in [2.75, 3.05) is 0 Å². The molecule has 2 heterocycles. The van der Waals surface area contributed by atoms with Crippen LogP contribution in [0.4, 0.5) is 4.39 Å². The Hall–Kier alpha value is -2.63. The topological polar surface area (TPSA) is 56.5 Å². The van der Waals surface area contributed by atoms with Gasteiger partial charge in [-0.05, 0) is 35.9 Å². The number of pyridine rings is 1. The van der Waals surface area contributed by atoms with Gasteiger partial charge in [-0.25, -0.2) is 4.39 Å². The van der Waals surface area contributed by atoms with E-state index in [-0.39, 0.29) is 5.82 Å². The maximum atomic E-state index is 13.5. The predicted molar refractivity (Wildman–Crippen MR) is 67.1 cm³/mol. The van der Waals surface area contributed by atoms with Crippen molar-refractivity contribution < 1.29 is 4.39 Å². The molecule has 2 aromatic heterocycles. The number of aryl methyl sites for hydroxylation is 1. The van der Waals surface area contributed by atoms with Crippen molar-refractivity contribution in [3.8, 4) is 17.2 Å². The molecule has 3 rings (SSSR count). The lowest BCUT2D eigenvalue weighted by Gasteiger charge is -2.00. The highest BCUT2D eigenvalue weighted by Gasteiger charge is 2.09. The summed E-state index contributed by atoms with van der Waals surface area (Å²) in [5.74, 6) is 0.107. The average molecular weight is 255 g/mol. The first-order valence-corrected chi connectivity index (χ1v) is 5.72. The monoisotopic (exact) mass is 255 g/mol. The Morgan fingerprint density at radius 1 is 1.16 bits per heavy atom. The Kier molecular flexibility index (Phi) is 2.75. The highest BCUT2D eigenvalue weighted by atomic mass is 19.1. The van der Waals surface area contributed by atoms with Crippen molar-refractivity contribution in [1.82, 2.24) is 25.2 Å². The van der Waals surface area contributed by atoms with E-state index < -0.39 is 0 Å². The van der Waals surface area contributed by atoms with Crippen LogP contribution in [0.2, 0.25) is 0 Å². The summed E-state index contributed by atoms with van der Waals surface area (Å²) in [6, 6.07) is 10.2. The molecule has 0 fully saturated rings. The average Bonchev–Trinajstić information content (AvgIpc) is 2.93. The zero-order valence-corrected chi connectivity index (χ0v) is 10.2. The summed E-state index contributed by atoms with van der Waals surface area (Å²) in [4.78, 5) is 5.42. The van der Waals surface area contributed by atoms with E-state index in [0.717, 1.165) is 0 Å². The van der Waals surface area contributed by atoms with Crippen LogP contribution >= 0.6 is 0 Å². The fourth-order valence-corrected chi connectivity index (χ4v) is 1.63. The van der Waals surface area contributed by atoms with Gasteiger partial charge in [0.15, 0.2) is 0 Å². The van der Waals surface area contributed by atoms with Crippen molar-refractivity contribution in [2.45, 2.75) is 6.92 Å². The van der Waals surface area contributed by atoms with Gasteiger partial charge < -0.3 is 0 Å². The third-order valence-electron chi connectivity index (χ3n) is 2.69. The van der Waals surface area contributed by atoms with Crippen molar-refractivity contribution >= 4 is 0 Å². The minimum absolute atomic E-state index is 0.297. The molecule has 0 saturated heterocycles. The first kappa shape index (κ1) is 11.5. The summed E-state index contributed by atoms with van der Waals surface area (Å²) >= 11 is 0. The van der Waals surface area contributed by atoms with Gasteiger partial charge in [-0.1, -0.05) is 12.1 Å². The summed E-state index contributed by atoms with van der Waals surface area (Å²) in [5, 5.41) is 12.0. The van der Waals surface area contributed by atoms with Crippen LogP contribution in [0.5, 0.6) is 0 Å². The van der Waals surface area contributed by atoms with Gasteiger partial charge in [0.1, 0.15) is 11.5 Å². The molecule has 0 atom stereocenters. The normalized spacial score (nSPS) is 10.6. The molecule has 0 aliphatic rings. The number of hydrogen-bond acceptors (Lipinski definition) is 4. The van der Waals surface area contributed by atoms with E-state index in [1.807, 2.05) is 12.1 Å². The Bertz CT molecular complexity index is 708. The molecule has 0 aliphatic carbocycles. The molecule has 6 heteroatoms. The van der Waals surface area contributed by atoms with E-state index in [1.165, 1.54) is 10.9 Å². The number of benzene rings is 1. The van der Waals surface area contributed by atoms with Gasteiger partial charge >= 0.3 is 0 Å². The van der Waals surface area contributed by atoms with Gasteiger partial charge in [0.2, 0.25) is 5.82 Å². The highest BCUT2D eigenvalue weighted by molar-refractivity contribution is 5.47. The lowest BCUT2D eigenvalue weighted by Crippen LogP contribution is -2.00. The van der Waals surface area contributed by atoms with Gasteiger partial charge in [0.25, 0.3) is 0 Å². The summed E-state index contributed by atoms with van der Waals surface area (Å²) in [6.07, 6.45) is 1.65. The molecule has 0 spiro atoms. The minimum atomic E-state index is -0.297. The Balaban J connectivity index is 1.99. The summed E-state index contributed by atoms with van der Waals surface area (Å²) in [7, 11) is 0. The van der Waals surface area contributed by atoms with Crippen LogP contribution in [0.15, 0.2) is 42.6 Å². The molecular formula is C13H10FN5. The number of nitrogens with zero attached hydrogens (tertiary/aromatic N) is 5. The van der Waals surface area contributed by atoms with Crippen LogP contribution in [0.25, 0.3) is 17.2 Å². The summed E-state index contributed by atoms with van der Waals surface area (Å²) in [5.41, 5.74) is 1.73. The second kappa shape index (κ2) is 4.56. The lowest BCUT2D eigenvalue weighted by molar-refractivity contribution is 0.612. The molecule has 3 aromatic rings. The molecule has 0 unspecified atom stereocenters. The molecule has 0 saturated carbocycles. The second-order valence-electron chi connectivity index (χ2n) is 4.05. The minimum Gasteiger partial charge on any atom is -0.253 e. The first-order chi connectivity index (χ1) is 9.24. The van der Waals surface area contributed by atoms with Crippen LogP contribution in [0, 0.1) is 12.7 Å². The zero-order chi connectivity index (χ0) is 13.2. The van der Waals surface area contributed by atoms with Crippen molar-refractivity contribution in [3.05, 3.63) is 54.0 Å². The molecule has 0 aliphatic heterocycles. The van der Waals surface area contributed by atoms with Crippen molar-refractivity contribution in [1.29, 1.82) is 0 Å². The Labute approximate surface area is 108 Å². The molecule has 5 nitrogen and oxygen atoms in total. The lowest BCUT2D eigenvalue weighted by atomic mass is 10.2. The summed E-state index contributed by atoms with van der Waals surface area (Å²) < 4.78 is 13.5. The maximum Gasteiger partial charge on any atom is 0.223 e. The molecular weight excluding hydrogens is 245 g/mol. The maximum absolute atomic E-state index is 13.5. The smallest absolute Gasteiger partial charge is 0.223 e.